The molecule has 0 unspecified atom stereocenters. The molecule has 1 heterocycles. The van der Waals surface area contributed by atoms with Crippen LogP contribution in [0.2, 0.25) is 0 Å². The lowest BCUT2D eigenvalue weighted by atomic mass is 9.83. The molecule has 0 fully saturated rings. The third-order valence-electron chi connectivity index (χ3n) is 5.52. The average Bonchev–Trinajstić information content (AvgIpc) is 2.73. The fourth-order valence-electron chi connectivity index (χ4n) is 3.90. The molecule has 0 radical (unpaired) electrons. The topological polar surface area (TPSA) is 102 Å². The molecule has 170 valence electrons. The first kappa shape index (κ1) is 24.6. The lowest BCUT2D eigenvalue weighted by Crippen LogP contribution is -2.44. The zero-order valence-electron chi connectivity index (χ0n) is 18.9. The first-order valence-corrected chi connectivity index (χ1v) is 11.1. The Bertz CT molecular complexity index is 819. The van der Waals surface area contributed by atoms with Gasteiger partial charge < -0.3 is 20.7 Å². The number of carbonyl (C=O) groups excluding carboxylic acids is 3. The van der Waals surface area contributed by atoms with Crippen molar-refractivity contribution < 1.29 is 19.1 Å². The van der Waals surface area contributed by atoms with E-state index < -0.39 is 5.97 Å². The van der Waals surface area contributed by atoms with Crippen LogP contribution in [0.15, 0.2) is 35.5 Å². The van der Waals surface area contributed by atoms with Crippen molar-refractivity contribution >= 4 is 17.8 Å². The van der Waals surface area contributed by atoms with Gasteiger partial charge in [-0.15, -0.1) is 0 Å². The lowest BCUT2D eigenvalue weighted by Gasteiger charge is -2.34. The molecule has 0 aromatic heterocycles. The van der Waals surface area contributed by atoms with Crippen molar-refractivity contribution in [3.63, 3.8) is 0 Å². The summed E-state index contributed by atoms with van der Waals surface area (Å²) >= 11 is 0. The van der Waals surface area contributed by atoms with Gasteiger partial charge in [0.15, 0.2) is 0 Å². The second kappa shape index (κ2) is 12.2. The number of nitrogens with zero attached hydrogens (tertiary/aromatic N) is 1. The van der Waals surface area contributed by atoms with Gasteiger partial charge in [0.2, 0.25) is 11.8 Å². The Hall–Kier alpha value is -2.67. The zero-order chi connectivity index (χ0) is 22.8. The molecule has 0 spiro atoms. The fourth-order valence-corrected chi connectivity index (χ4v) is 3.90. The smallest absolute Gasteiger partial charge is 0.336 e. The Kier molecular flexibility index (Phi) is 9.72. The molecule has 7 heteroatoms. The van der Waals surface area contributed by atoms with Gasteiger partial charge in [-0.05, 0) is 45.7 Å². The quantitative estimate of drug-likeness (QED) is 0.416. The standard InChI is InChI=1S/C24H35N3O4/c1-4-31-24(30)23-18(3)27(16-21(28)26-13-8-6-5-7-12-25)22(29)15-20(23)19-11-9-10-17(2)14-19/h9-11,14,20H,4-8,12-13,15-16,25H2,1-3H3,(H,26,28)/t20-/m0/s1. The van der Waals surface area contributed by atoms with Crippen molar-refractivity contribution in [2.24, 2.45) is 5.73 Å². The number of rotatable bonds is 11. The molecular weight excluding hydrogens is 394 g/mol. The first-order chi connectivity index (χ1) is 14.9. The van der Waals surface area contributed by atoms with E-state index in [2.05, 4.69) is 5.32 Å². The van der Waals surface area contributed by atoms with Crippen LogP contribution in [0, 0.1) is 6.92 Å². The summed E-state index contributed by atoms with van der Waals surface area (Å²) in [4.78, 5) is 39.5. The van der Waals surface area contributed by atoms with Gasteiger partial charge in [-0.1, -0.05) is 42.7 Å². The number of benzene rings is 1. The molecule has 7 nitrogen and oxygen atoms in total. The van der Waals surface area contributed by atoms with Crippen LogP contribution < -0.4 is 11.1 Å². The molecule has 0 bridgehead atoms. The number of hydrogen-bond acceptors (Lipinski definition) is 5. The highest BCUT2D eigenvalue weighted by molar-refractivity contribution is 5.97. The Morgan fingerprint density at radius 3 is 2.61 bits per heavy atom. The van der Waals surface area contributed by atoms with Crippen molar-refractivity contribution in [3.8, 4) is 0 Å². The summed E-state index contributed by atoms with van der Waals surface area (Å²) in [5.74, 6) is -1.23. The van der Waals surface area contributed by atoms with Crippen LogP contribution in [0.1, 0.15) is 63.0 Å². The van der Waals surface area contributed by atoms with Gasteiger partial charge >= 0.3 is 5.97 Å². The van der Waals surface area contributed by atoms with Crippen molar-refractivity contribution in [2.45, 2.75) is 58.8 Å². The Labute approximate surface area is 185 Å². The highest BCUT2D eigenvalue weighted by atomic mass is 16.5. The number of nitrogens with two attached hydrogens (primary N) is 1. The predicted molar refractivity (Wildman–Crippen MR) is 120 cm³/mol. The highest BCUT2D eigenvalue weighted by Crippen LogP contribution is 2.37. The summed E-state index contributed by atoms with van der Waals surface area (Å²) in [5.41, 5.74) is 8.37. The van der Waals surface area contributed by atoms with Crippen LogP contribution in [-0.4, -0.2) is 48.9 Å². The van der Waals surface area contributed by atoms with Gasteiger partial charge in [0.25, 0.3) is 0 Å². The van der Waals surface area contributed by atoms with E-state index in [1.54, 1.807) is 13.8 Å². The molecule has 1 aliphatic heterocycles. The molecule has 31 heavy (non-hydrogen) atoms. The van der Waals surface area contributed by atoms with E-state index in [1.807, 2.05) is 31.2 Å². The molecule has 1 aromatic carbocycles. The number of allylic oxidation sites excluding steroid dienone is 1. The van der Waals surface area contributed by atoms with Gasteiger partial charge in [-0.2, -0.15) is 0 Å². The molecule has 2 rings (SSSR count). The number of amides is 2. The molecule has 1 atom stereocenters. The third kappa shape index (κ3) is 6.92. The first-order valence-electron chi connectivity index (χ1n) is 11.1. The Morgan fingerprint density at radius 1 is 1.19 bits per heavy atom. The number of esters is 1. The van der Waals surface area contributed by atoms with Crippen LogP contribution in [0.3, 0.4) is 0 Å². The minimum Gasteiger partial charge on any atom is -0.463 e. The number of unbranched alkanes of at least 4 members (excludes halogenated alkanes) is 3. The maximum absolute atomic E-state index is 12.9. The monoisotopic (exact) mass is 429 g/mol. The fraction of sp³-hybridized carbons (Fsp3) is 0.542. The van der Waals surface area contributed by atoms with Gasteiger partial charge in [0.05, 0.1) is 12.2 Å². The zero-order valence-corrected chi connectivity index (χ0v) is 18.9. The van der Waals surface area contributed by atoms with Crippen LogP contribution in [0.25, 0.3) is 0 Å². The van der Waals surface area contributed by atoms with Crippen LogP contribution in [0.5, 0.6) is 0 Å². The molecule has 1 aliphatic rings. The molecule has 0 aliphatic carbocycles. The van der Waals surface area contributed by atoms with E-state index in [0.29, 0.717) is 24.4 Å². The minimum atomic E-state index is -0.440. The highest BCUT2D eigenvalue weighted by Gasteiger charge is 2.37. The van der Waals surface area contributed by atoms with Gasteiger partial charge in [-0.3, -0.25) is 9.59 Å². The minimum absolute atomic E-state index is 0.100. The van der Waals surface area contributed by atoms with E-state index in [9.17, 15) is 14.4 Å². The van der Waals surface area contributed by atoms with Gasteiger partial charge in [-0.25, -0.2) is 4.79 Å². The van der Waals surface area contributed by atoms with Crippen LogP contribution in [0.4, 0.5) is 0 Å². The third-order valence-corrected chi connectivity index (χ3v) is 5.52. The summed E-state index contributed by atoms with van der Waals surface area (Å²) < 4.78 is 5.29. The largest absolute Gasteiger partial charge is 0.463 e. The Balaban J connectivity index is 2.16. The second-order valence-electron chi connectivity index (χ2n) is 7.92. The lowest BCUT2D eigenvalue weighted by molar-refractivity contribution is -0.141. The van der Waals surface area contributed by atoms with Crippen LogP contribution >= 0.6 is 0 Å². The second-order valence-corrected chi connectivity index (χ2v) is 7.92. The number of nitrogens with one attached hydrogen (secondary N) is 1. The molecule has 1 aromatic rings. The molecule has 3 N–H and O–H groups in total. The van der Waals surface area contributed by atoms with Gasteiger partial charge in [0, 0.05) is 24.6 Å². The molecule has 2 amide bonds. The van der Waals surface area contributed by atoms with E-state index in [-0.39, 0.29) is 37.3 Å². The number of aryl methyl sites for hydroxylation is 1. The maximum atomic E-state index is 12.9. The molecular formula is C24H35N3O4. The Morgan fingerprint density at radius 2 is 1.94 bits per heavy atom. The molecule has 0 saturated carbocycles. The number of hydrogen-bond donors (Lipinski definition) is 2. The van der Waals surface area contributed by atoms with Crippen molar-refractivity contribution in [1.29, 1.82) is 0 Å². The summed E-state index contributed by atoms with van der Waals surface area (Å²) in [6, 6.07) is 7.80. The predicted octanol–water partition coefficient (Wildman–Crippen LogP) is 2.78. The number of carbonyl (C=O) groups is 3. The summed E-state index contributed by atoms with van der Waals surface area (Å²) in [7, 11) is 0. The molecule has 0 saturated heterocycles. The van der Waals surface area contributed by atoms with E-state index in [0.717, 1.165) is 36.8 Å². The van der Waals surface area contributed by atoms with Crippen LogP contribution in [-0.2, 0) is 19.1 Å². The SMILES string of the molecule is CCOC(=O)C1=C(C)N(CC(=O)NCCCCCCN)C(=O)C[C@H]1c1cccc(C)c1. The summed E-state index contributed by atoms with van der Waals surface area (Å²) in [6.45, 7) is 6.83. The summed E-state index contributed by atoms with van der Waals surface area (Å²) in [6.07, 6.45) is 4.03. The maximum Gasteiger partial charge on any atom is 0.336 e. The van der Waals surface area contributed by atoms with Crippen molar-refractivity contribution in [2.75, 3.05) is 26.2 Å². The normalized spacial score (nSPS) is 16.5. The van der Waals surface area contributed by atoms with Crippen molar-refractivity contribution in [3.05, 3.63) is 46.7 Å². The van der Waals surface area contributed by atoms with E-state index in [1.165, 1.54) is 4.90 Å². The van der Waals surface area contributed by atoms with Gasteiger partial charge in [0.1, 0.15) is 6.54 Å². The van der Waals surface area contributed by atoms with E-state index in [4.69, 9.17) is 10.5 Å². The number of ether oxygens (including phenoxy) is 1. The average molecular weight is 430 g/mol. The van der Waals surface area contributed by atoms with E-state index >= 15 is 0 Å². The van der Waals surface area contributed by atoms with Crippen molar-refractivity contribution in [1.82, 2.24) is 10.2 Å². The summed E-state index contributed by atoms with van der Waals surface area (Å²) in [5, 5.41) is 2.86.